The maximum absolute atomic E-state index is 11.9. The highest BCUT2D eigenvalue weighted by Crippen LogP contribution is 2.31. The molecule has 1 aliphatic carbocycles. The van der Waals surface area contributed by atoms with Crippen molar-refractivity contribution in [2.24, 2.45) is 5.92 Å². The Hall–Kier alpha value is -1.14. The van der Waals surface area contributed by atoms with Crippen molar-refractivity contribution in [1.29, 1.82) is 0 Å². The van der Waals surface area contributed by atoms with E-state index in [1.54, 1.807) is 18.9 Å². The van der Waals surface area contributed by atoms with Gasteiger partial charge in [-0.15, -0.1) is 0 Å². The number of carboxylic acid groups (broad SMARTS) is 1. The van der Waals surface area contributed by atoms with Gasteiger partial charge in [-0.2, -0.15) is 0 Å². The first-order valence-corrected chi connectivity index (χ1v) is 7.22. The molecule has 20 heavy (non-hydrogen) atoms. The van der Waals surface area contributed by atoms with Crippen LogP contribution in [0.2, 0.25) is 0 Å². The predicted octanol–water partition coefficient (Wildman–Crippen LogP) is 0.449. The van der Waals surface area contributed by atoms with Crippen molar-refractivity contribution in [3.63, 3.8) is 0 Å². The summed E-state index contributed by atoms with van der Waals surface area (Å²) in [5.74, 6) is -1.14. The van der Waals surface area contributed by atoms with Gasteiger partial charge in [-0.3, -0.25) is 9.59 Å². The van der Waals surface area contributed by atoms with Crippen molar-refractivity contribution in [1.82, 2.24) is 10.2 Å². The van der Waals surface area contributed by atoms with Gasteiger partial charge in [-0.25, -0.2) is 0 Å². The molecule has 1 fully saturated rings. The van der Waals surface area contributed by atoms with E-state index in [0.29, 0.717) is 38.8 Å². The van der Waals surface area contributed by atoms with Crippen molar-refractivity contribution in [3.8, 4) is 0 Å². The molecule has 0 aromatic carbocycles. The number of amides is 1. The number of hydrogen-bond donors (Lipinski definition) is 3. The van der Waals surface area contributed by atoms with E-state index in [4.69, 9.17) is 5.11 Å². The van der Waals surface area contributed by atoms with Gasteiger partial charge in [0.25, 0.3) is 0 Å². The van der Waals surface area contributed by atoms with Gasteiger partial charge >= 0.3 is 5.97 Å². The van der Waals surface area contributed by atoms with Crippen LogP contribution in [0.15, 0.2) is 0 Å². The first-order chi connectivity index (χ1) is 9.29. The molecule has 0 aromatic heterocycles. The Bertz CT molecular complexity index is 351. The van der Waals surface area contributed by atoms with Gasteiger partial charge in [0.15, 0.2) is 0 Å². The van der Waals surface area contributed by atoms with E-state index < -0.39 is 11.6 Å². The van der Waals surface area contributed by atoms with Crippen molar-refractivity contribution >= 4 is 11.9 Å². The molecule has 1 unspecified atom stereocenters. The smallest absolute Gasteiger partial charge is 0.306 e. The Morgan fingerprint density at radius 3 is 2.40 bits per heavy atom. The molecule has 0 heterocycles. The summed E-state index contributed by atoms with van der Waals surface area (Å²) < 4.78 is 0. The van der Waals surface area contributed by atoms with E-state index in [9.17, 15) is 14.7 Å². The van der Waals surface area contributed by atoms with E-state index in [0.717, 1.165) is 0 Å². The molecule has 3 N–H and O–H groups in total. The Kier molecular flexibility index (Phi) is 5.95. The molecule has 6 nitrogen and oxygen atoms in total. The van der Waals surface area contributed by atoms with Gasteiger partial charge < -0.3 is 20.4 Å². The summed E-state index contributed by atoms with van der Waals surface area (Å²) >= 11 is 0. The minimum atomic E-state index is -0.898. The molecule has 0 spiro atoms. The first kappa shape index (κ1) is 16.9. The van der Waals surface area contributed by atoms with Crippen LogP contribution in [0.1, 0.15) is 39.5 Å². The maximum Gasteiger partial charge on any atom is 0.306 e. The van der Waals surface area contributed by atoms with Crippen LogP contribution in [0.25, 0.3) is 0 Å². The van der Waals surface area contributed by atoms with Crippen LogP contribution in [-0.2, 0) is 9.59 Å². The lowest BCUT2D eigenvalue weighted by Crippen LogP contribution is -2.50. The molecular formula is C14H26N2O4. The van der Waals surface area contributed by atoms with Gasteiger partial charge in [-0.05, 0) is 39.5 Å². The van der Waals surface area contributed by atoms with Gasteiger partial charge in [0.2, 0.25) is 5.91 Å². The van der Waals surface area contributed by atoms with Crippen LogP contribution in [0.4, 0.5) is 0 Å². The predicted molar refractivity (Wildman–Crippen MR) is 75.3 cm³/mol. The molecule has 0 aliphatic heterocycles. The van der Waals surface area contributed by atoms with Crippen LogP contribution < -0.4 is 5.32 Å². The highest BCUT2D eigenvalue weighted by atomic mass is 16.4. The Morgan fingerprint density at radius 2 is 1.95 bits per heavy atom. The third-order valence-corrected chi connectivity index (χ3v) is 4.22. The molecule has 1 atom stereocenters. The molecular weight excluding hydrogens is 260 g/mol. The molecule has 0 aromatic rings. The van der Waals surface area contributed by atoms with Crippen LogP contribution in [0.5, 0.6) is 0 Å². The lowest BCUT2D eigenvalue weighted by molar-refractivity contribution is -0.144. The second-order valence-electron chi connectivity index (χ2n) is 5.79. The molecule has 0 radical (unpaired) electrons. The summed E-state index contributed by atoms with van der Waals surface area (Å²) in [5.41, 5.74) is -0.898. The summed E-state index contributed by atoms with van der Waals surface area (Å²) in [5, 5.41) is 22.4. The summed E-state index contributed by atoms with van der Waals surface area (Å²) in [6.45, 7) is 4.66. The molecule has 0 bridgehead atoms. The Labute approximate surface area is 120 Å². The zero-order valence-corrected chi connectivity index (χ0v) is 12.6. The highest BCUT2D eigenvalue weighted by molar-refractivity contribution is 5.81. The third-order valence-electron chi connectivity index (χ3n) is 4.22. The quantitative estimate of drug-likeness (QED) is 0.659. The Balaban J connectivity index is 2.41. The minimum absolute atomic E-state index is 0.00433. The average molecular weight is 286 g/mol. The van der Waals surface area contributed by atoms with Crippen molar-refractivity contribution in [3.05, 3.63) is 0 Å². The van der Waals surface area contributed by atoms with E-state index in [-0.39, 0.29) is 17.9 Å². The number of aliphatic hydroxyl groups is 1. The largest absolute Gasteiger partial charge is 0.481 e. The van der Waals surface area contributed by atoms with Crippen molar-refractivity contribution in [2.45, 2.75) is 51.2 Å². The molecule has 1 saturated carbocycles. The topological polar surface area (TPSA) is 89.9 Å². The number of carbonyl (C=O) groups is 2. The average Bonchev–Trinajstić information content (AvgIpc) is 2.43. The fraction of sp³-hybridized carbons (Fsp3) is 0.857. The number of nitrogens with zero attached hydrogens (tertiary/aromatic N) is 1. The fourth-order valence-corrected chi connectivity index (χ4v) is 2.50. The minimum Gasteiger partial charge on any atom is -0.481 e. The summed E-state index contributed by atoms with van der Waals surface area (Å²) in [7, 11) is 1.74. The van der Waals surface area contributed by atoms with Gasteiger partial charge in [0.1, 0.15) is 0 Å². The van der Waals surface area contributed by atoms with E-state index in [1.165, 1.54) is 0 Å². The van der Waals surface area contributed by atoms with Crippen molar-refractivity contribution < 1.29 is 19.8 Å². The number of hydrogen-bond acceptors (Lipinski definition) is 4. The Morgan fingerprint density at radius 1 is 1.40 bits per heavy atom. The second kappa shape index (κ2) is 7.04. The zero-order valence-electron chi connectivity index (χ0n) is 12.6. The molecule has 1 aliphatic rings. The van der Waals surface area contributed by atoms with E-state index in [1.807, 2.05) is 6.92 Å². The molecule has 116 valence electrons. The van der Waals surface area contributed by atoms with Gasteiger partial charge in [-0.1, -0.05) is 0 Å². The number of nitrogens with one attached hydrogen (secondary N) is 1. The monoisotopic (exact) mass is 286 g/mol. The maximum atomic E-state index is 11.9. The molecule has 0 saturated heterocycles. The highest BCUT2D eigenvalue weighted by Gasteiger charge is 2.36. The second-order valence-corrected chi connectivity index (χ2v) is 5.79. The molecule has 6 heteroatoms. The fourth-order valence-electron chi connectivity index (χ4n) is 2.50. The number of carbonyl (C=O) groups excluding carboxylic acids is 1. The van der Waals surface area contributed by atoms with E-state index in [2.05, 4.69) is 5.32 Å². The summed E-state index contributed by atoms with van der Waals surface area (Å²) in [4.78, 5) is 24.4. The standard InChI is InChI=1S/C14H26N2O4/c1-4-16(3)12(17)10(2)15-9-14(20)7-5-11(6-8-14)13(18)19/h10-11,15,20H,4-9H2,1-3H3,(H,18,19). The van der Waals surface area contributed by atoms with Crippen molar-refractivity contribution in [2.75, 3.05) is 20.1 Å². The number of likely N-dealkylation sites (N-methyl/N-ethyl adjacent to an activating group) is 1. The lowest BCUT2D eigenvalue weighted by atomic mass is 9.78. The van der Waals surface area contributed by atoms with Crippen LogP contribution in [-0.4, -0.2) is 58.8 Å². The number of carboxylic acids is 1. The zero-order chi connectivity index (χ0) is 15.3. The number of aliphatic carboxylic acids is 1. The first-order valence-electron chi connectivity index (χ1n) is 7.22. The van der Waals surface area contributed by atoms with Crippen LogP contribution >= 0.6 is 0 Å². The summed E-state index contributed by atoms with van der Waals surface area (Å²) in [6, 6.07) is -0.346. The third kappa shape index (κ3) is 4.45. The molecule has 1 amide bonds. The van der Waals surface area contributed by atoms with Crippen LogP contribution in [0, 0.1) is 5.92 Å². The number of rotatable bonds is 6. The molecule has 1 rings (SSSR count). The van der Waals surface area contributed by atoms with E-state index >= 15 is 0 Å². The van der Waals surface area contributed by atoms with Gasteiger partial charge in [0, 0.05) is 20.1 Å². The lowest BCUT2D eigenvalue weighted by Gasteiger charge is -2.35. The van der Waals surface area contributed by atoms with Crippen LogP contribution in [0.3, 0.4) is 0 Å². The summed E-state index contributed by atoms with van der Waals surface area (Å²) in [6.07, 6.45) is 1.90. The SMILES string of the molecule is CCN(C)C(=O)C(C)NCC1(O)CCC(C(=O)O)CC1. The van der Waals surface area contributed by atoms with Gasteiger partial charge in [0.05, 0.1) is 17.6 Å². The normalized spacial score (nSPS) is 27.9.